The van der Waals surface area contributed by atoms with Gasteiger partial charge in [-0.25, -0.2) is 0 Å². The largest absolute Gasteiger partial charge is 0.343 e. The Balaban J connectivity index is 2.36. The molecule has 1 aliphatic rings. The van der Waals surface area contributed by atoms with Crippen LogP contribution in [-0.4, -0.2) is 30.4 Å². The van der Waals surface area contributed by atoms with Gasteiger partial charge >= 0.3 is 0 Å². The Morgan fingerprint density at radius 2 is 1.84 bits per heavy atom. The molecule has 0 aliphatic heterocycles. The van der Waals surface area contributed by atoms with Crippen LogP contribution < -0.4 is 5.73 Å². The van der Waals surface area contributed by atoms with E-state index in [1.807, 2.05) is 11.9 Å². The van der Waals surface area contributed by atoms with E-state index in [1.165, 1.54) is 32.1 Å². The SMILES string of the molecule is CC(C)C(CCN)CCC(=O)N(C)C1CCCCC1. The minimum atomic E-state index is 0.328. The number of hydrogen-bond acceptors (Lipinski definition) is 2. The second-order valence-electron chi connectivity index (χ2n) is 6.42. The number of amides is 1. The lowest BCUT2D eigenvalue weighted by Gasteiger charge is -2.32. The van der Waals surface area contributed by atoms with Crippen LogP contribution in [0.5, 0.6) is 0 Å². The average molecular weight is 268 g/mol. The first kappa shape index (κ1) is 16.5. The maximum Gasteiger partial charge on any atom is 0.222 e. The molecule has 0 spiro atoms. The summed E-state index contributed by atoms with van der Waals surface area (Å²) in [7, 11) is 1.99. The molecule has 3 heteroatoms. The van der Waals surface area contributed by atoms with Crippen molar-refractivity contribution in [1.29, 1.82) is 0 Å². The molecule has 19 heavy (non-hydrogen) atoms. The fourth-order valence-corrected chi connectivity index (χ4v) is 3.18. The summed E-state index contributed by atoms with van der Waals surface area (Å²) in [5.74, 6) is 1.54. The van der Waals surface area contributed by atoms with Crippen molar-refractivity contribution in [3.05, 3.63) is 0 Å². The predicted octanol–water partition coefficient (Wildman–Crippen LogP) is 3.18. The standard InChI is InChI=1S/C16H32N2O/c1-13(2)14(11-12-17)9-10-16(19)18(3)15-7-5-4-6-8-15/h13-15H,4-12,17H2,1-3H3. The van der Waals surface area contributed by atoms with Gasteiger partial charge in [0.15, 0.2) is 0 Å². The molecule has 1 atom stereocenters. The molecule has 1 saturated carbocycles. The number of carbonyl (C=O) groups is 1. The molecule has 0 saturated heterocycles. The van der Waals surface area contributed by atoms with Crippen LogP contribution in [-0.2, 0) is 4.79 Å². The van der Waals surface area contributed by atoms with E-state index in [9.17, 15) is 4.79 Å². The van der Waals surface area contributed by atoms with Gasteiger partial charge in [-0.3, -0.25) is 4.79 Å². The lowest BCUT2D eigenvalue weighted by molar-refractivity contribution is -0.132. The van der Waals surface area contributed by atoms with Crippen LogP contribution in [0.2, 0.25) is 0 Å². The summed E-state index contributed by atoms with van der Waals surface area (Å²) in [6.45, 7) is 5.20. The van der Waals surface area contributed by atoms with Gasteiger partial charge in [-0.15, -0.1) is 0 Å². The summed E-state index contributed by atoms with van der Waals surface area (Å²) >= 11 is 0. The second-order valence-corrected chi connectivity index (χ2v) is 6.42. The Kier molecular flexibility index (Phi) is 7.44. The molecule has 0 aromatic carbocycles. The average Bonchev–Trinajstić information content (AvgIpc) is 2.42. The maximum atomic E-state index is 12.3. The number of hydrogen-bond donors (Lipinski definition) is 1. The van der Waals surface area contributed by atoms with Crippen molar-refractivity contribution >= 4 is 5.91 Å². The van der Waals surface area contributed by atoms with Crippen molar-refractivity contribution in [3.8, 4) is 0 Å². The summed E-state index contributed by atoms with van der Waals surface area (Å²) < 4.78 is 0. The number of nitrogens with two attached hydrogens (primary N) is 1. The van der Waals surface area contributed by atoms with Gasteiger partial charge < -0.3 is 10.6 Å². The van der Waals surface area contributed by atoms with Gasteiger partial charge in [-0.05, 0) is 44.1 Å². The zero-order valence-corrected chi connectivity index (χ0v) is 13.0. The van der Waals surface area contributed by atoms with Gasteiger partial charge in [-0.2, -0.15) is 0 Å². The molecule has 0 heterocycles. The number of rotatable bonds is 7. The molecule has 1 unspecified atom stereocenters. The number of carbonyl (C=O) groups excluding carboxylic acids is 1. The normalized spacial score (nSPS) is 18.6. The Morgan fingerprint density at radius 3 is 2.37 bits per heavy atom. The first-order valence-electron chi connectivity index (χ1n) is 8.02. The molecular formula is C16H32N2O. The predicted molar refractivity (Wildman–Crippen MR) is 80.9 cm³/mol. The van der Waals surface area contributed by atoms with Crippen LogP contribution in [0.15, 0.2) is 0 Å². The number of nitrogens with zero attached hydrogens (tertiary/aromatic N) is 1. The fraction of sp³-hybridized carbons (Fsp3) is 0.938. The first-order chi connectivity index (χ1) is 9.06. The van der Waals surface area contributed by atoms with Crippen LogP contribution in [0.3, 0.4) is 0 Å². The molecular weight excluding hydrogens is 236 g/mol. The van der Waals surface area contributed by atoms with Crippen LogP contribution in [0.25, 0.3) is 0 Å². The van der Waals surface area contributed by atoms with Crippen LogP contribution in [0.4, 0.5) is 0 Å². The fourth-order valence-electron chi connectivity index (χ4n) is 3.18. The van der Waals surface area contributed by atoms with E-state index < -0.39 is 0 Å². The zero-order chi connectivity index (χ0) is 14.3. The smallest absolute Gasteiger partial charge is 0.222 e. The third-order valence-electron chi connectivity index (χ3n) is 4.73. The summed E-state index contributed by atoms with van der Waals surface area (Å²) in [6, 6.07) is 0.494. The molecule has 112 valence electrons. The highest BCUT2D eigenvalue weighted by Gasteiger charge is 2.23. The van der Waals surface area contributed by atoms with Crippen LogP contribution in [0.1, 0.15) is 65.2 Å². The molecule has 3 nitrogen and oxygen atoms in total. The lowest BCUT2D eigenvalue weighted by Crippen LogP contribution is -2.38. The summed E-state index contributed by atoms with van der Waals surface area (Å²) in [5, 5.41) is 0. The van der Waals surface area contributed by atoms with E-state index >= 15 is 0 Å². The molecule has 1 fully saturated rings. The first-order valence-corrected chi connectivity index (χ1v) is 8.02. The lowest BCUT2D eigenvalue weighted by atomic mass is 9.88. The van der Waals surface area contributed by atoms with Crippen molar-refractivity contribution in [3.63, 3.8) is 0 Å². The summed E-state index contributed by atoms with van der Waals surface area (Å²) in [4.78, 5) is 14.3. The molecule has 2 N–H and O–H groups in total. The topological polar surface area (TPSA) is 46.3 Å². The molecule has 1 amide bonds. The van der Waals surface area contributed by atoms with E-state index in [0.29, 0.717) is 30.2 Å². The summed E-state index contributed by atoms with van der Waals surface area (Å²) in [5.41, 5.74) is 5.65. The van der Waals surface area contributed by atoms with Crippen molar-refractivity contribution in [2.75, 3.05) is 13.6 Å². The highest BCUT2D eigenvalue weighted by molar-refractivity contribution is 5.76. The van der Waals surface area contributed by atoms with E-state index in [1.54, 1.807) is 0 Å². The highest BCUT2D eigenvalue weighted by atomic mass is 16.2. The quantitative estimate of drug-likeness (QED) is 0.771. The maximum absolute atomic E-state index is 12.3. The van der Waals surface area contributed by atoms with Crippen molar-refractivity contribution in [2.24, 2.45) is 17.6 Å². The van der Waals surface area contributed by atoms with Crippen LogP contribution >= 0.6 is 0 Å². The zero-order valence-electron chi connectivity index (χ0n) is 13.0. The Bertz CT molecular complexity index is 259. The van der Waals surface area contributed by atoms with E-state index in [-0.39, 0.29) is 0 Å². The Labute approximate surface area is 118 Å². The van der Waals surface area contributed by atoms with Gasteiger partial charge in [0.25, 0.3) is 0 Å². The van der Waals surface area contributed by atoms with E-state index in [0.717, 1.165) is 19.4 Å². The Morgan fingerprint density at radius 1 is 1.21 bits per heavy atom. The van der Waals surface area contributed by atoms with Gasteiger partial charge in [0.05, 0.1) is 0 Å². The van der Waals surface area contributed by atoms with Crippen LogP contribution in [0, 0.1) is 11.8 Å². The molecule has 0 aromatic rings. The van der Waals surface area contributed by atoms with Crippen molar-refractivity contribution in [2.45, 2.75) is 71.3 Å². The Hall–Kier alpha value is -0.570. The van der Waals surface area contributed by atoms with Gasteiger partial charge in [0, 0.05) is 19.5 Å². The second kappa shape index (κ2) is 8.57. The minimum Gasteiger partial charge on any atom is -0.343 e. The molecule has 1 aliphatic carbocycles. The van der Waals surface area contributed by atoms with Crippen molar-refractivity contribution in [1.82, 2.24) is 4.90 Å². The van der Waals surface area contributed by atoms with Gasteiger partial charge in [-0.1, -0.05) is 33.1 Å². The monoisotopic (exact) mass is 268 g/mol. The van der Waals surface area contributed by atoms with Crippen molar-refractivity contribution < 1.29 is 4.79 Å². The third kappa shape index (κ3) is 5.52. The van der Waals surface area contributed by atoms with Gasteiger partial charge in [0.1, 0.15) is 0 Å². The highest BCUT2D eigenvalue weighted by Crippen LogP contribution is 2.24. The molecule has 0 bridgehead atoms. The van der Waals surface area contributed by atoms with E-state index in [2.05, 4.69) is 13.8 Å². The molecule has 0 aromatic heterocycles. The summed E-state index contributed by atoms with van der Waals surface area (Å²) in [6.07, 6.45) is 9.01. The third-order valence-corrected chi connectivity index (χ3v) is 4.73. The van der Waals surface area contributed by atoms with E-state index in [4.69, 9.17) is 5.73 Å². The van der Waals surface area contributed by atoms with Gasteiger partial charge in [0.2, 0.25) is 5.91 Å². The molecule has 0 radical (unpaired) electrons. The molecule has 1 rings (SSSR count). The minimum absolute atomic E-state index is 0.328.